The van der Waals surface area contributed by atoms with Crippen LogP contribution in [0.25, 0.3) is 0 Å². The van der Waals surface area contributed by atoms with Crippen LogP contribution in [0.15, 0.2) is 12.2 Å². The molecule has 2 aliphatic carbocycles. The monoisotopic (exact) mass is 179 g/mol. The van der Waals surface area contributed by atoms with Gasteiger partial charge in [0.1, 0.15) is 0 Å². The third-order valence-corrected chi connectivity index (χ3v) is 3.45. The van der Waals surface area contributed by atoms with Crippen LogP contribution in [-0.4, -0.2) is 22.1 Å². The molecule has 1 unspecified atom stereocenters. The lowest BCUT2D eigenvalue weighted by Gasteiger charge is -2.13. The van der Waals surface area contributed by atoms with Crippen molar-refractivity contribution >= 4 is 11.8 Å². The van der Waals surface area contributed by atoms with E-state index in [4.69, 9.17) is 5.21 Å². The lowest BCUT2D eigenvalue weighted by Crippen LogP contribution is -2.29. The van der Waals surface area contributed by atoms with E-state index in [1.54, 1.807) is 0 Å². The van der Waals surface area contributed by atoms with E-state index in [1.165, 1.54) is 0 Å². The molecule has 2 amide bonds. The smallest absolute Gasteiger partial charge is 0.257 e. The van der Waals surface area contributed by atoms with Crippen molar-refractivity contribution in [1.82, 2.24) is 5.06 Å². The van der Waals surface area contributed by atoms with Crippen molar-refractivity contribution in [1.29, 1.82) is 0 Å². The number of hydrogen-bond acceptors (Lipinski definition) is 3. The Balaban J connectivity index is 2.08. The van der Waals surface area contributed by atoms with E-state index in [9.17, 15) is 9.59 Å². The van der Waals surface area contributed by atoms with Crippen LogP contribution in [0.4, 0.5) is 0 Å². The molecule has 0 aromatic rings. The lowest BCUT2D eigenvalue weighted by atomic mass is 9.85. The Hall–Kier alpha value is -1.16. The van der Waals surface area contributed by atoms with Gasteiger partial charge in [0.15, 0.2) is 0 Å². The molecule has 0 radical (unpaired) electrons. The number of hydroxylamine groups is 2. The summed E-state index contributed by atoms with van der Waals surface area (Å²) in [4.78, 5) is 22.8. The number of fused-ring (bicyclic) bond motifs is 5. The van der Waals surface area contributed by atoms with E-state index >= 15 is 0 Å². The Morgan fingerprint density at radius 1 is 1.15 bits per heavy atom. The maximum absolute atomic E-state index is 11.4. The first-order chi connectivity index (χ1) is 6.20. The molecule has 4 heteroatoms. The molecule has 1 saturated carbocycles. The first kappa shape index (κ1) is 7.26. The topological polar surface area (TPSA) is 57.6 Å². The molecule has 3 rings (SSSR count). The van der Waals surface area contributed by atoms with Crippen LogP contribution in [-0.2, 0) is 9.59 Å². The summed E-state index contributed by atoms with van der Waals surface area (Å²) >= 11 is 0. The molecule has 68 valence electrons. The fourth-order valence-electron chi connectivity index (χ4n) is 2.89. The summed E-state index contributed by atoms with van der Waals surface area (Å²) in [7, 11) is 0. The molecule has 1 heterocycles. The predicted octanol–water partition coefficient (Wildman–Crippen LogP) is 0.183. The number of allylic oxidation sites excluding steroid dienone is 2. The highest BCUT2D eigenvalue weighted by Gasteiger charge is 2.59. The summed E-state index contributed by atoms with van der Waals surface area (Å²) in [6.07, 6.45) is 4.90. The van der Waals surface area contributed by atoms with Gasteiger partial charge in [0, 0.05) is 0 Å². The highest BCUT2D eigenvalue weighted by molar-refractivity contribution is 6.05. The molecular weight excluding hydrogens is 170 g/mol. The Morgan fingerprint density at radius 2 is 1.62 bits per heavy atom. The summed E-state index contributed by atoms with van der Waals surface area (Å²) in [5.74, 6) is -0.995. The van der Waals surface area contributed by atoms with Gasteiger partial charge in [-0.25, -0.2) is 0 Å². The quantitative estimate of drug-likeness (QED) is 0.328. The van der Waals surface area contributed by atoms with Gasteiger partial charge in [-0.2, -0.15) is 5.06 Å². The molecule has 4 nitrogen and oxygen atoms in total. The van der Waals surface area contributed by atoms with E-state index in [2.05, 4.69) is 0 Å². The first-order valence-electron chi connectivity index (χ1n) is 4.45. The second kappa shape index (κ2) is 2.01. The summed E-state index contributed by atoms with van der Waals surface area (Å²) in [6, 6.07) is 0. The van der Waals surface area contributed by atoms with E-state index in [0.29, 0.717) is 5.06 Å². The molecule has 2 fully saturated rings. The van der Waals surface area contributed by atoms with E-state index < -0.39 is 11.8 Å². The minimum atomic E-state index is -0.410. The van der Waals surface area contributed by atoms with Crippen molar-refractivity contribution < 1.29 is 14.8 Å². The van der Waals surface area contributed by atoms with Crippen LogP contribution >= 0.6 is 0 Å². The number of nitrogens with zero attached hydrogens (tertiary/aromatic N) is 1. The maximum Gasteiger partial charge on any atom is 0.257 e. The van der Waals surface area contributed by atoms with Gasteiger partial charge in [-0.05, 0) is 18.3 Å². The SMILES string of the molecule is O=C1[C@@H]2[C@@H]3C=CC(C3)[C@@H]2C(=O)N1O. The molecule has 13 heavy (non-hydrogen) atoms. The number of carbonyl (C=O) groups is 2. The van der Waals surface area contributed by atoms with Crippen LogP contribution < -0.4 is 0 Å². The van der Waals surface area contributed by atoms with Gasteiger partial charge in [0.2, 0.25) is 0 Å². The summed E-state index contributed by atoms with van der Waals surface area (Å²) in [5, 5.41) is 9.45. The molecule has 1 aliphatic heterocycles. The largest absolute Gasteiger partial charge is 0.278 e. The molecule has 0 aromatic heterocycles. The highest BCUT2D eigenvalue weighted by Crippen LogP contribution is 2.51. The van der Waals surface area contributed by atoms with Gasteiger partial charge in [-0.15, -0.1) is 0 Å². The summed E-state index contributed by atoms with van der Waals surface area (Å²) in [6.45, 7) is 0. The summed E-state index contributed by atoms with van der Waals surface area (Å²) < 4.78 is 0. The summed E-state index contributed by atoms with van der Waals surface area (Å²) in [5.41, 5.74) is 0. The van der Waals surface area contributed by atoms with Gasteiger partial charge >= 0.3 is 0 Å². The normalized spacial score (nSPS) is 46.4. The van der Waals surface area contributed by atoms with Gasteiger partial charge in [-0.1, -0.05) is 12.2 Å². The van der Waals surface area contributed by atoms with Crippen LogP contribution in [0, 0.1) is 23.7 Å². The van der Waals surface area contributed by atoms with Crippen LogP contribution in [0.5, 0.6) is 0 Å². The zero-order chi connectivity index (χ0) is 9.16. The molecular formula is C9H9NO3. The van der Waals surface area contributed by atoms with Crippen LogP contribution in [0.3, 0.4) is 0 Å². The zero-order valence-electron chi connectivity index (χ0n) is 6.88. The van der Waals surface area contributed by atoms with Gasteiger partial charge < -0.3 is 0 Å². The molecule has 1 N–H and O–H groups in total. The van der Waals surface area contributed by atoms with Crippen molar-refractivity contribution in [3.05, 3.63) is 12.2 Å². The fraction of sp³-hybridized carbons (Fsp3) is 0.556. The molecule has 3 aliphatic rings. The minimum Gasteiger partial charge on any atom is -0.278 e. The maximum atomic E-state index is 11.4. The molecule has 0 spiro atoms. The highest BCUT2D eigenvalue weighted by atomic mass is 16.5. The second-order valence-corrected chi connectivity index (χ2v) is 3.99. The van der Waals surface area contributed by atoms with E-state index in [0.717, 1.165) is 6.42 Å². The number of imide groups is 1. The van der Waals surface area contributed by atoms with E-state index in [1.807, 2.05) is 12.2 Å². The molecule has 0 aromatic carbocycles. The van der Waals surface area contributed by atoms with Crippen molar-refractivity contribution in [2.24, 2.45) is 23.7 Å². The van der Waals surface area contributed by atoms with Crippen LogP contribution in [0.1, 0.15) is 6.42 Å². The Bertz CT molecular complexity index is 306. The van der Waals surface area contributed by atoms with Gasteiger partial charge in [0.05, 0.1) is 11.8 Å². The van der Waals surface area contributed by atoms with Crippen molar-refractivity contribution in [2.75, 3.05) is 0 Å². The molecule has 2 bridgehead atoms. The standard InChI is InChI=1S/C9H9NO3/c11-8-6-4-1-2-5(3-4)7(6)9(12)10(8)13/h1-2,4-7,13H,3H2/t4-,5?,6-,7+/m1/s1. The average molecular weight is 179 g/mol. The lowest BCUT2D eigenvalue weighted by molar-refractivity contribution is -0.173. The average Bonchev–Trinajstić information content (AvgIpc) is 2.76. The fourth-order valence-corrected chi connectivity index (χ4v) is 2.89. The van der Waals surface area contributed by atoms with Crippen molar-refractivity contribution in [3.8, 4) is 0 Å². The minimum absolute atomic E-state index is 0.184. The first-order valence-corrected chi connectivity index (χ1v) is 4.45. The third-order valence-electron chi connectivity index (χ3n) is 3.45. The number of carbonyl (C=O) groups excluding carboxylic acids is 2. The second-order valence-electron chi connectivity index (χ2n) is 3.99. The predicted molar refractivity (Wildman–Crippen MR) is 41.4 cm³/mol. The van der Waals surface area contributed by atoms with Crippen molar-refractivity contribution in [3.63, 3.8) is 0 Å². The number of amides is 2. The third kappa shape index (κ3) is 0.659. The Labute approximate surface area is 74.8 Å². The number of rotatable bonds is 0. The number of hydrogen-bond donors (Lipinski definition) is 1. The van der Waals surface area contributed by atoms with Crippen molar-refractivity contribution in [2.45, 2.75) is 6.42 Å². The molecule has 1 saturated heterocycles. The zero-order valence-corrected chi connectivity index (χ0v) is 6.88. The molecule has 4 atom stereocenters. The van der Waals surface area contributed by atoms with Crippen LogP contribution in [0.2, 0.25) is 0 Å². The Kier molecular flexibility index (Phi) is 1.12. The van der Waals surface area contributed by atoms with E-state index in [-0.39, 0.29) is 23.7 Å². The Morgan fingerprint density at radius 3 is 2.08 bits per heavy atom. The van der Waals surface area contributed by atoms with Gasteiger partial charge in [0.25, 0.3) is 11.8 Å². The van der Waals surface area contributed by atoms with Gasteiger partial charge in [-0.3, -0.25) is 14.8 Å².